The summed E-state index contributed by atoms with van der Waals surface area (Å²) < 4.78 is 21.1. The number of nitrogens with zero attached hydrogens (tertiary/aromatic N) is 1. The van der Waals surface area contributed by atoms with Gasteiger partial charge in [-0.25, -0.2) is 10.2 Å². The molecule has 0 fully saturated rings. The first-order valence-corrected chi connectivity index (χ1v) is 9.42. The lowest BCUT2D eigenvalue weighted by molar-refractivity contribution is -0.123. The molecule has 1 heterocycles. The second-order valence-electron chi connectivity index (χ2n) is 6.56. The zero-order valence-corrected chi connectivity index (χ0v) is 17.4. The number of methoxy groups -OCH3 is 1. The van der Waals surface area contributed by atoms with Gasteiger partial charge in [0.1, 0.15) is 5.75 Å². The maximum absolute atomic E-state index is 12.0. The Labute approximate surface area is 179 Å². The van der Waals surface area contributed by atoms with Crippen molar-refractivity contribution in [3.63, 3.8) is 0 Å². The van der Waals surface area contributed by atoms with Gasteiger partial charge in [0.2, 0.25) is 5.76 Å². The van der Waals surface area contributed by atoms with Gasteiger partial charge in [0, 0.05) is 0 Å². The first-order chi connectivity index (χ1) is 15.0. The van der Waals surface area contributed by atoms with E-state index in [1.807, 2.05) is 32.0 Å². The van der Waals surface area contributed by atoms with E-state index in [4.69, 9.17) is 18.6 Å². The van der Waals surface area contributed by atoms with E-state index < -0.39 is 11.9 Å². The molecular weight excluding hydrogens is 400 g/mol. The minimum Gasteiger partial charge on any atom is -0.493 e. The van der Waals surface area contributed by atoms with E-state index in [1.54, 1.807) is 24.3 Å². The van der Waals surface area contributed by atoms with Gasteiger partial charge in [0.15, 0.2) is 18.1 Å². The monoisotopic (exact) mass is 422 g/mol. The summed E-state index contributed by atoms with van der Waals surface area (Å²) in [4.78, 5) is 24.0. The summed E-state index contributed by atoms with van der Waals surface area (Å²) in [6.45, 7) is 3.75. The van der Waals surface area contributed by atoms with Crippen molar-refractivity contribution in [2.75, 3.05) is 13.7 Å². The molecule has 3 aromatic rings. The van der Waals surface area contributed by atoms with E-state index >= 15 is 0 Å². The van der Waals surface area contributed by atoms with E-state index in [-0.39, 0.29) is 18.1 Å². The van der Waals surface area contributed by atoms with Gasteiger partial charge in [0.25, 0.3) is 5.91 Å². The first-order valence-electron chi connectivity index (χ1n) is 9.42. The fraction of sp³-hybridized carbons (Fsp3) is 0.174. The Kier molecular flexibility index (Phi) is 7.05. The number of nitrogens with one attached hydrogen (secondary N) is 1. The summed E-state index contributed by atoms with van der Waals surface area (Å²) in [5.74, 6) is 0.261. The molecule has 1 N–H and O–H groups in total. The Morgan fingerprint density at radius 2 is 1.90 bits per heavy atom. The zero-order chi connectivity index (χ0) is 22.2. The summed E-state index contributed by atoms with van der Waals surface area (Å²) in [6.07, 6.45) is 2.82. The molecular formula is C23H22N2O6. The molecule has 8 heteroatoms. The number of hydrogen-bond donors (Lipinski definition) is 1. The molecule has 0 aliphatic carbocycles. The second-order valence-corrected chi connectivity index (χ2v) is 6.56. The summed E-state index contributed by atoms with van der Waals surface area (Å²) in [6, 6.07) is 13.6. The van der Waals surface area contributed by atoms with Crippen LogP contribution in [-0.4, -0.2) is 31.8 Å². The van der Waals surface area contributed by atoms with Crippen molar-refractivity contribution in [2.45, 2.75) is 13.8 Å². The molecule has 0 spiro atoms. The number of aryl methyl sites for hydroxylation is 1. The van der Waals surface area contributed by atoms with Gasteiger partial charge in [-0.05, 0) is 66.9 Å². The largest absolute Gasteiger partial charge is 0.493 e. The van der Waals surface area contributed by atoms with Crippen LogP contribution < -0.4 is 19.6 Å². The Hall–Kier alpha value is -4.07. The third-order valence-corrected chi connectivity index (χ3v) is 4.43. The van der Waals surface area contributed by atoms with E-state index in [1.165, 1.54) is 25.7 Å². The van der Waals surface area contributed by atoms with Crippen LogP contribution in [0.4, 0.5) is 0 Å². The van der Waals surface area contributed by atoms with Crippen LogP contribution >= 0.6 is 0 Å². The van der Waals surface area contributed by atoms with Crippen molar-refractivity contribution in [1.29, 1.82) is 0 Å². The van der Waals surface area contributed by atoms with Gasteiger partial charge in [-0.1, -0.05) is 12.1 Å². The van der Waals surface area contributed by atoms with Crippen molar-refractivity contribution in [3.8, 4) is 17.2 Å². The molecule has 0 radical (unpaired) electrons. The maximum Gasteiger partial charge on any atom is 0.379 e. The lowest BCUT2D eigenvalue weighted by Gasteiger charge is -2.10. The summed E-state index contributed by atoms with van der Waals surface area (Å²) >= 11 is 0. The van der Waals surface area contributed by atoms with E-state index in [0.717, 1.165) is 11.1 Å². The fourth-order valence-electron chi connectivity index (χ4n) is 2.63. The van der Waals surface area contributed by atoms with Gasteiger partial charge in [-0.2, -0.15) is 5.10 Å². The molecule has 2 aromatic carbocycles. The topological polar surface area (TPSA) is 99.4 Å². The van der Waals surface area contributed by atoms with Crippen LogP contribution in [0, 0.1) is 13.8 Å². The minimum atomic E-state index is -0.638. The summed E-state index contributed by atoms with van der Waals surface area (Å²) in [5, 5.41) is 3.92. The third kappa shape index (κ3) is 5.72. The lowest BCUT2D eigenvalue weighted by Crippen LogP contribution is -2.24. The highest BCUT2D eigenvalue weighted by Gasteiger charge is 2.15. The smallest absolute Gasteiger partial charge is 0.379 e. The SMILES string of the molecule is COc1cc(/C=N\NC(=O)COc2cccc(C)c2C)ccc1OC(=O)c1ccco1. The normalized spacial score (nSPS) is 10.7. The van der Waals surface area contributed by atoms with Crippen LogP contribution in [0.2, 0.25) is 0 Å². The fourth-order valence-corrected chi connectivity index (χ4v) is 2.63. The van der Waals surface area contributed by atoms with Gasteiger partial charge in [-0.15, -0.1) is 0 Å². The molecule has 0 bridgehead atoms. The number of hydrazone groups is 1. The molecule has 1 aromatic heterocycles. The zero-order valence-electron chi connectivity index (χ0n) is 17.4. The molecule has 1 amide bonds. The van der Waals surface area contributed by atoms with Gasteiger partial charge < -0.3 is 18.6 Å². The number of esters is 1. The third-order valence-electron chi connectivity index (χ3n) is 4.43. The summed E-state index contributed by atoms with van der Waals surface area (Å²) in [7, 11) is 1.45. The van der Waals surface area contributed by atoms with Crippen molar-refractivity contribution in [3.05, 3.63) is 77.2 Å². The Morgan fingerprint density at radius 1 is 1.06 bits per heavy atom. The number of rotatable bonds is 8. The van der Waals surface area contributed by atoms with Crippen LogP contribution in [0.3, 0.4) is 0 Å². The van der Waals surface area contributed by atoms with Crippen LogP contribution in [0.5, 0.6) is 17.2 Å². The molecule has 31 heavy (non-hydrogen) atoms. The Morgan fingerprint density at radius 3 is 2.65 bits per heavy atom. The van der Waals surface area contributed by atoms with Crippen LogP contribution in [0.25, 0.3) is 0 Å². The van der Waals surface area contributed by atoms with Gasteiger partial charge in [0.05, 0.1) is 19.6 Å². The highest BCUT2D eigenvalue weighted by Crippen LogP contribution is 2.28. The number of ether oxygens (including phenoxy) is 3. The Balaban J connectivity index is 1.56. The van der Waals surface area contributed by atoms with Crippen molar-refractivity contribution in [2.24, 2.45) is 5.10 Å². The molecule has 0 aliphatic heterocycles. The highest BCUT2D eigenvalue weighted by molar-refractivity contribution is 5.89. The maximum atomic E-state index is 12.0. The number of carbonyl (C=O) groups excluding carboxylic acids is 2. The first kappa shape index (κ1) is 21.6. The second kappa shape index (κ2) is 10.1. The van der Waals surface area contributed by atoms with E-state index in [0.29, 0.717) is 17.1 Å². The molecule has 0 saturated heterocycles. The molecule has 0 atom stereocenters. The van der Waals surface area contributed by atoms with Crippen LogP contribution in [0.1, 0.15) is 27.2 Å². The van der Waals surface area contributed by atoms with E-state index in [2.05, 4.69) is 10.5 Å². The molecule has 160 valence electrons. The number of amides is 1. The predicted octanol–water partition coefficient (Wildman–Crippen LogP) is 3.65. The van der Waals surface area contributed by atoms with Crippen molar-refractivity contribution >= 4 is 18.1 Å². The van der Waals surface area contributed by atoms with Crippen LogP contribution in [-0.2, 0) is 4.79 Å². The average molecular weight is 422 g/mol. The molecule has 0 aliphatic rings. The summed E-state index contributed by atoms with van der Waals surface area (Å²) in [5.41, 5.74) is 5.11. The predicted molar refractivity (Wildman–Crippen MR) is 114 cm³/mol. The molecule has 0 saturated carbocycles. The lowest BCUT2D eigenvalue weighted by atomic mass is 10.1. The van der Waals surface area contributed by atoms with Gasteiger partial charge in [-0.3, -0.25) is 4.79 Å². The molecule has 3 rings (SSSR count). The van der Waals surface area contributed by atoms with Gasteiger partial charge >= 0.3 is 5.97 Å². The number of hydrogen-bond acceptors (Lipinski definition) is 7. The number of furan rings is 1. The minimum absolute atomic E-state index is 0.0819. The van der Waals surface area contributed by atoms with Crippen LogP contribution in [0.15, 0.2) is 64.3 Å². The molecule has 0 unspecified atom stereocenters. The average Bonchev–Trinajstić information content (AvgIpc) is 3.31. The van der Waals surface area contributed by atoms with E-state index in [9.17, 15) is 9.59 Å². The van der Waals surface area contributed by atoms with Crippen molar-refractivity contribution < 1.29 is 28.2 Å². The molecule has 8 nitrogen and oxygen atoms in total. The Bertz CT molecular complexity index is 1090. The highest BCUT2D eigenvalue weighted by atomic mass is 16.6. The standard InChI is InChI=1S/C23H22N2O6/c1-15-6-4-7-18(16(15)2)30-14-22(26)25-24-13-17-9-10-19(21(12-17)28-3)31-23(27)20-8-5-11-29-20/h4-13H,14H2,1-3H3,(H,25,26)/b24-13-. The van der Waals surface area contributed by atoms with Crippen molar-refractivity contribution in [1.82, 2.24) is 5.43 Å². The number of benzene rings is 2. The quantitative estimate of drug-likeness (QED) is 0.257. The number of carbonyl (C=O) groups is 2.